The van der Waals surface area contributed by atoms with Crippen LogP contribution in [0.25, 0.3) is 0 Å². The Hall–Kier alpha value is -3.19. The first-order chi connectivity index (χ1) is 13.5. The number of hydrogen-bond donors (Lipinski definition) is 1. The number of amides is 1. The van der Waals surface area contributed by atoms with Gasteiger partial charge in [-0.15, -0.1) is 11.3 Å². The Bertz CT molecular complexity index is 970. The van der Waals surface area contributed by atoms with Gasteiger partial charge in [0.1, 0.15) is 0 Å². The van der Waals surface area contributed by atoms with Gasteiger partial charge < -0.3 is 9.47 Å². The van der Waals surface area contributed by atoms with Crippen molar-refractivity contribution in [2.24, 2.45) is 0 Å². The second-order valence-electron chi connectivity index (χ2n) is 6.05. The number of ether oxygens (including phenoxy) is 2. The van der Waals surface area contributed by atoms with Gasteiger partial charge in [-0.1, -0.05) is 30.3 Å². The lowest BCUT2D eigenvalue weighted by atomic mass is 10.1. The summed E-state index contributed by atoms with van der Waals surface area (Å²) in [7, 11) is 1.48. The van der Waals surface area contributed by atoms with E-state index in [1.54, 1.807) is 24.4 Å². The molecule has 3 aromatic rings. The van der Waals surface area contributed by atoms with Crippen molar-refractivity contribution in [1.82, 2.24) is 4.98 Å². The number of methoxy groups -OCH3 is 1. The van der Waals surface area contributed by atoms with Crippen LogP contribution in [0.4, 0.5) is 5.13 Å². The van der Waals surface area contributed by atoms with Gasteiger partial charge in [0.15, 0.2) is 29.0 Å². The third-order valence-electron chi connectivity index (χ3n) is 3.95. The summed E-state index contributed by atoms with van der Waals surface area (Å²) < 4.78 is 10.8. The number of rotatable bonds is 8. The molecule has 7 heteroatoms. The molecule has 0 unspecified atom stereocenters. The number of thiazole rings is 1. The molecule has 0 radical (unpaired) electrons. The number of nitrogens with one attached hydrogen (secondary N) is 1. The molecule has 0 fully saturated rings. The first kappa shape index (κ1) is 19.6. The molecular formula is C21H20N2O4S. The summed E-state index contributed by atoms with van der Waals surface area (Å²) in [6, 6.07) is 14.9. The van der Waals surface area contributed by atoms with E-state index in [-0.39, 0.29) is 18.3 Å². The highest BCUT2D eigenvalue weighted by molar-refractivity contribution is 7.15. The first-order valence-electron chi connectivity index (χ1n) is 8.65. The van der Waals surface area contributed by atoms with Crippen LogP contribution < -0.4 is 14.8 Å². The van der Waals surface area contributed by atoms with Crippen molar-refractivity contribution in [2.45, 2.75) is 13.3 Å². The Kier molecular flexibility index (Phi) is 6.39. The number of ketones is 1. The highest BCUT2D eigenvalue weighted by Crippen LogP contribution is 2.28. The predicted molar refractivity (Wildman–Crippen MR) is 108 cm³/mol. The molecule has 0 saturated carbocycles. The molecule has 28 heavy (non-hydrogen) atoms. The van der Waals surface area contributed by atoms with Crippen LogP contribution in [0, 0.1) is 0 Å². The van der Waals surface area contributed by atoms with Crippen LogP contribution in [0.5, 0.6) is 11.5 Å². The van der Waals surface area contributed by atoms with E-state index >= 15 is 0 Å². The van der Waals surface area contributed by atoms with E-state index in [2.05, 4.69) is 22.4 Å². The summed E-state index contributed by atoms with van der Waals surface area (Å²) in [5.74, 6) is 0.405. The van der Waals surface area contributed by atoms with Gasteiger partial charge >= 0.3 is 0 Å². The van der Waals surface area contributed by atoms with E-state index in [0.717, 1.165) is 11.3 Å². The van der Waals surface area contributed by atoms with Crippen molar-refractivity contribution >= 4 is 28.2 Å². The van der Waals surface area contributed by atoms with Crippen molar-refractivity contribution in [3.8, 4) is 11.5 Å². The molecule has 0 spiro atoms. The van der Waals surface area contributed by atoms with Crippen LogP contribution >= 0.6 is 11.3 Å². The van der Waals surface area contributed by atoms with Gasteiger partial charge in [0.05, 0.1) is 7.11 Å². The molecule has 2 aromatic carbocycles. The van der Waals surface area contributed by atoms with Crippen LogP contribution in [-0.4, -0.2) is 30.4 Å². The zero-order chi connectivity index (χ0) is 19.9. The number of benzene rings is 2. The van der Waals surface area contributed by atoms with Crippen molar-refractivity contribution in [1.29, 1.82) is 0 Å². The highest BCUT2D eigenvalue weighted by Gasteiger charge is 2.12. The number of hydrogen-bond acceptors (Lipinski definition) is 6. The number of Topliss-reactive ketones (excluding diaryl/α,β-unsaturated/α-hetero) is 1. The number of nitrogens with zero attached hydrogens (tertiary/aromatic N) is 1. The second kappa shape index (κ2) is 9.14. The zero-order valence-corrected chi connectivity index (χ0v) is 16.4. The number of carbonyl (C=O) groups excluding carboxylic acids is 2. The minimum absolute atomic E-state index is 0.0716. The van der Waals surface area contributed by atoms with Crippen molar-refractivity contribution in [2.75, 3.05) is 19.0 Å². The molecule has 144 valence electrons. The minimum Gasteiger partial charge on any atom is -0.493 e. The SMILES string of the molecule is COc1cc(C(C)=O)ccc1OCC(=O)Nc1ncc(Cc2ccccc2)s1. The molecule has 0 atom stereocenters. The lowest BCUT2D eigenvalue weighted by Crippen LogP contribution is -2.20. The maximum atomic E-state index is 12.2. The fraction of sp³-hybridized carbons (Fsp3) is 0.190. The predicted octanol–water partition coefficient (Wildman–Crippen LogP) is 3.96. The van der Waals surface area contributed by atoms with Crippen molar-refractivity contribution in [3.63, 3.8) is 0 Å². The van der Waals surface area contributed by atoms with Gasteiger partial charge in [-0.25, -0.2) is 4.98 Å². The Morgan fingerprint density at radius 1 is 1.11 bits per heavy atom. The lowest BCUT2D eigenvalue weighted by Gasteiger charge is -2.11. The van der Waals surface area contributed by atoms with Gasteiger partial charge in [0.25, 0.3) is 5.91 Å². The van der Waals surface area contributed by atoms with E-state index in [9.17, 15) is 9.59 Å². The summed E-state index contributed by atoms with van der Waals surface area (Å²) in [4.78, 5) is 28.9. The molecule has 1 N–H and O–H groups in total. The number of anilines is 1. The molecule has 1 amide bonds. The highest BCUT2D eigenvalue weighted by atomic mass is 32.1. The van der Waals surface area contributed by atoms with E-state index in [0.29, 0.717) is 22.2 Å². The molecule has 0 aliphatic heterocycles. The quantitative estimate of drug-likeness (QED) is 0.583. The Morgan fingerprint density at radius 3 is 2.61 bits per heavy atom. The van der Waals surface area contributed by atoms with E-state index in [4.69, 9.17) is 9.47 Å². The Labute approximate surface area is 167 Å². The maximum Gasteiger partial charge on any atom is 0.264 e. The Morgan fingerprint density at radius 2 is 1.89 bits per heavy atom. The standard InChI is InChI=1S/C21H20N2O4S/c1-14(24)16-8-9-18(19(11-16)26-2)27-13-20(25)23-21-22-12-17(28-21)10-15-6-4-3-5-7-15/h3-9,11-12H,10,13H2,1-2H3,(H,22,23,25). The van der Waals surface area contributed by atoms with Gasteiger partial charge in [-0.05, 0) is 30.7 Å². The van der Waals surface area contributed by atoms with Crippen molar-refractivity contribution in [3.05, 3.63) is 70.7 Å². The summed E-state index contributed by atoms with van der Waals surface area (Å²) in [6.45, 7) is 1.28. The molecule has 0 saturated heterocycles. The van der Waals surface area contributed by atoms with Crippen LogP contribution in [0.1, 0.15) is 27.7 Å². The molecule has 3 rings (SSSR count). The van der Waals surface area contributed by atoms with Gasteiger partial charge in [0, 0.05) is 23.1 Å². The molecule has 6 nitrogen and oxygen atoms in total. The van der Waals surface area contributed by atoms with Crippen LogP contribution in [-0.2, 0) is 11.2 Å². The third-order valence-corrected chi connectivity index (χ3v) is 4.86. The largest absolute Gasteiger partial charge is 0.493 e. The van der Waals surface area contributed by atoms with E-state index < -0.39 is 0 Å². The monoisotopic (exact) mass is 396 g/mol. The Balaban J connectivity index is 1.56. The topological polar surface area (TPSA) is 77.5 Å². The van der Waals surface area contributed by atoms with Crippen molar-refractivity contribution < 1.29 is 19.1 Å². The van der Waals surface area contributed by atoms with Gasteiger partial charge in [-0.3, -0.25) is 14.9 Å². The zero-order valence-electron chi connectivity index (χ0n) is 15.6. The minimum atomic E-state index is -0.321. The molecule has 0 bridgehead atoms. The molecule has 1 aromatic heterocycles. The average molecular weight is 396 g/mol. The van der Waals surface area contributed by atoms with Gasteiger partial charge in [0.2, 0.25) is 0 Å². The smallest absolute Gasteiger partial charge is 0.264 e. The first-order valence-corrected chi connectivity index (χ1v) is 9.47. The summed E-state index contributed by atoms with van der Waals surface area (Å²) in [5.41, 5.74) is 1.70. The number of aromatic nitrogens is 1. The van der Waals surface area contributed by atoms with Crippen LogP contribution in [0.15, 0.2) is 54.7 Å². The molecule has 0 aliphatic carbocycles. The summed E-state index contributed by atoms with van der Waals surface area (Å²) >= 11 is 1.43. The number of carbonyl (C=O) groups is 2. The fourth-order valence-electron chi connectivity index (χ4n) is 2.55. The lowest BCUT2D eigenvalue weighted by molar-refractivity contribution is -0.118. The molecule has 1 heterocycles. The fourth-order valence-corrected chi connectivity index (χ4v) is 3.41. The van der Waals surface area contributed by atoms with E-state index in [1.165, 1.54) is 30.9 Å². The molecular weight excluding hydrogens is 376 g/mol. The summed E-state index contributed by atoms with van der Waals surface area (Å²) in [6.07, 6.45) is 2.53. The molecule has 0 aliphatic rings. The van der Waals surface area contributed by atoms with Crippen LogP contribution in [0.3, 0.4) is 0 Å². The van der Waals surface area contributed by atoms with E-state index in [1.807, 2.05) is 18.2 Å². The maximum absolute atomic E-state index is 12.2. The van der Waals surface area contributed by atoms with Gasteiger partial charge in [-0.2, -0.15) is 0 Å². The summed E-state index contributed by atoms with van der Waals surface area (Å²) in [5, 5.41) is 3.26. The second-order valence-corrected chi connectivity index (χ2v) is 7.17. The average Bonchev–Trinajstić information content (AvgIpc) is 3.13. The van der Waals surface area contributed by atoms with Crippen LogP contribution in [0.2, 0.25) is 0 Å². The third kappa shape index (κ3) is 5.17. The normalized spacial score (nSPS) is 10.4.